The first-order valence-corrected chi connectivity index (χ1v) is 13.3. The highest BCUT2D eigenvalue weighted by molar-refractivity contribution is 8.15. The number of amides is 1. The van der Waals surface area contributed by atoms with Gasteiger partial charge in [0, 0.05) is 42.7 Å². The van der Waals surface area contributed by atoms with Gasteiger partial charge in [0.2, 0.25) is 0 Å². The molecule has 3 heterocycles. The molecule has 2 aromatic carbocycles. The molecular formula is C23H26N4O3S2. The molecule has 2 aromatic rings. The highest BCUT2D eigenvalue weighted by atomic mass is 32.2. The van der Waals surface area contributed by atoms with Crippen molar-refractivity contribution >= 4 is 38.5 Å². The Labute approximate surface area is 192 Å². The topological polar surface area (TPSA) is 82.1 Å². The first-order valence-electron chi connectivity index (χ1n) is 10.9. The summed E-state index contributed by atoms with van der Waals surface area (Å²) >= 11 is 1.31. The fourth-order valence-electron chi connectivity index (χ4n) is 4.44. The van der Waals surface area contributed by atoms with Gasteiger partial charge >= 0.3 is 0 Å². The molecule has 0 spiro atoms. The second kappa shape index (κ2) is 8.53. The van der Waals surface area contributed by atoms with Gasteiger partial charge in [-0.05, 0) is 55.3 Å². The fraction of sp³-hybridized carbons (Fsp3) is 0.391. The minimum atomic E-state index is -3.38. The quantitative estimate of drug-likeness (QED) is 0.740. The summed E-state index contributed by atoms with van der Waals surface area (Å²) in [6, 6.07) is 14.3. The second-order valence-corrected chi connectivity index (χ2v) is 11.4. The molecular weight excluding hydrogens is 444 g/mol. The van der Waals surface area contributed by atoms with Crippen LogP contribution in [-0.2, 0) is 16.6 Å². The first kappa shape index (κ1) is 21.5. The van der Waals surface area contributed by atoms with Crippen LogP contribution in [0.3, 0.4) is 0 Å². The number of aryl methyl sites for hydroxylation is 1. The fourth-order valence-corrected chi connectivity index (χ4v) is 6.74. The lowest BCUT2D eigenvalue weighted by Gasteiger charge is -2.32. The van der Waals surface area contributed by atoms with Gasteiger partial charge in [-0.25, -0.2) is 8.42 Å². The van der Waals surface area contributed by atoms with E-state index in [1.54, 1.807) is 0 Å². The number of likely N-dealkylation sites (tertiary alicyclic amines) is 1. The van der Waals surface area contributed by atoms with Crippen molar-refractivity contribution in [1.82, 2.24) is 10.2 Å². The smallest absolute Gasteiger partial charge is 0.257 e. The van der Waals surface area contributed by atoms with Crippen LogP contribution >= 0.6 is 11.8 Å². The molecule has 0 unspecified atom stereocenters. The summed E-state index contributed by atoms with van der Waals surface area (Å²) in [7, 11) is -3.38. The Morgan fingerprint density at radius 1 is 1.16 bits per heavy atom. The van der Waals surface area contributed by atoms with Gasteiger partial charge in [-0.15, -0.1) is 4.40 Å². The van der Waals surface area contributed by atoms with E-state index in [1.807, 2.05) is 23.1 Å². The van der Waals surface area contributed by atoms with Gasteiger partial charge in [0.05, 0.1) is 11.4 Å². The number of sulfonamides is 1. The Morgan fingerprint density at radius 3 is 2.75 bits per heavy atom. The van der Waals surface area contributed by atoms with Crippen molar-refractivity contribution in [2.24, 2.45) is 4.40 Å². The molecule has 0 aliphatic carbocycles. The van der Waals surface area contributed by atoms with Crippen molar-refractivity contribution in [1.29, 1.82) is 0 Å². The molecule has 0 aromatic heterocycles. The summed E-state index contributed by atoms with van der Waals surface area (Å²) < 4.78 is 27.4. The molecule has 1 fully saturated rings. The van der Waals surface area contributed by atoms with Crippen LogP contribution in [0.1, 0.15) is 34.3 Å². The van der Waals surface area contributed by atoms with E-state index in [2.05, 4.69) is 45.8 Å². The monoisotopic (exact) mass is 470 g/mol. The normalized spacial score (nSPS) is 20.4. The molecule has 7 nitrogen and oxygen atoms in total. The van der Waals surface area contributed by atoms with E-state index >= 15 is 0 Å². The average molecular weight is 471 g/mol. The van der Waals surface area contributed by atoms with E-state index in [4.69, 9.17) is 0 Å². The second-order valence-electron chi connectivity index (χ2n) is 8.61. The summed E-state index contributed by atoms with van der Waals surface area (Å²) in [5, 5.41) is 3.66. The Hall–Kier alpha value is -2.36. The third-order valence-electron chi connectivity index (χ3n) is 6.15. The third kappa shape index (κ3) is 4.55. The largest absolute Gasteiger partial charge is 0.349 e. The molecule has 168 valence electrons. The Balaban J connectivity index is 1.18. The molecule has 3 aliphatic rings. The van der Waals surface area contributed by atoms with Crippen molar-refractivity contribution < 1.29 is 13.2 Å². The molecule has 3 aliphatic heterocycles. The number of fused-ring (bicyclic) bond motifs is 3. The zero-order valence-electron chi connectivity index (χ0n) is 18.0. The Kier molecular flexibility index (Phi) is 5.73. The Bertz CT molecular complexity index is 1190. The average Bonchev–Trinajstić information content (AvgIpc) is 3.10. The van der Waals surface area contributed by atoms with Crippen LogP contribution in [0.2, 0.25) is 0 Å². The van der Waals surface area contributed by atoms with Gasteiger partial charge in [-0.2, -0.15) is 0 Å². The highest BCUT2D eigenvalue weighted by Gasteiger charge is 2.33. The molecule has 1 N–H and O–H groups in total. The van der Waals surface area contributed by atoms with E-state index in [0.717, 1.165) is 43.1 Å². The lowest BCUT2D eigenvalue weighted by molar-refractivity contribution is 0.0908. The first-order chi connectivity index (χ1) is 15.4. The zero-order chi connectivity index (χ0) is 22.3. The van der Waals surface area contributed by atoms with Gasteiger partial charge < -0.3 is 10.2 Å². The number of carbonyl (C=O) groups excluding carboxylic acids is 1. The number of hydrogen-bond acceptors (Lipinski definition) is 6. The van der Waals surface area contributed by atoms with Gasteiger partial charge in [-0.3, -0.25) is 9.69 Å². The van der Waals surface area contributed by atoms with Crippen LogP contribution in [0.4, 0.5) is 5.69 Å². The SMILES string of the molecule is Cc1cccc(CN2CCC(NC(=O)c3ccc4c(c3)SC3=NS(=O)(=O)CCN34)CC2)c1. The number of anilines is 1. The predicted molar refractivity (Wildman–Crippen MR) is 128 cm³/mol. The minimum Gasteiger partial charge on any atom is -0.349 e. The number of thioether (sulfide) groups is 1. The number of hydrogen-bond donors (Lipinski definition) is 1. The summed E-state index contributed by atoms with van der Waals surface area (Å²) in [6.07, 6.45) is 1.86. The van der Waals surface area contributed by atoms with E-state index in [-0.39, 0.29) is 17.7 Å². The van der Waals surface area contributed by atoms with E-state index in [9.17, 15) is 13.2 Å². The number of carbonyl (C=O) groups is 1. The van der Waals surface area contributed by atoms with E-state index < -0.39 is 10.0 Å². The molecule has 9 heteroatoms. The lowest BCUT2D eigenvalue weighted by Crippen LogP contribution is -2.44. The number of amidine groups is 1. The summed E-state index contributed by atoms with van der Waals surface area (Å²) in [5.41, 5.74) is 4.13. The minimum absolute atomic E-state index is 0.0152. The van der Waals surface area contributed by atoms with E-state index in [0.29, 0.717) is 17.3 Å². The number of nitrogens with zero attached hydrogens (tertiary/aromatic N) is 3. The van der Waals surface area contributed by atoms with Gasteiger partial charge in [0.1, 0.15) is 0 Å². The van der Waals surface area contributed by atoms with Gasteiger partial charge in [0.15, 0.2) is 5.17 Å². The Morgan fingerprint density at radius 2 is 1.97 bits per heavy atom. The molecule has 0 radical (unpaired) electrons. The van der Waals surface area contributed by atoms with Gasteiger partial charge in [-0.1, -0.05) is 29.8 Å². The van der Waals surface area contributed by atoms with Crippen molar-refractivity contribution in [2.45, 2.75) is 37.2 Å². The maximum atomic E-state index is 12.9. The molecule has 1 amide bonds. The maximum Gasteiger partial charge on any atom is 0.257 e. The third-order valence-corrected chi connectivity index (χ3v) is 8.45. The van der Waals surface area contributed by atoms with Crippen molar-refractivity contribution in [2.75, 3.05) is 30.3 Å². The van der Waals surface area contributed by atoms with Crippen LogP contribution in [0.5, 0.6) is 0 Å². The molecule has 0 bridgehead atoms. The van der Waals surface area contributed by atoms with E-state index in [1.165, 1.54) is 22.9 Å². The number of benzene rings is 2. The molecule has 0 saturated carbocycles. The molecule has 32 heavy (non-hydrogen) atoms. The van der Waals surface area contributed by atoms with Crippen LogP contribution in [-0.4, -0.2) is 55.8 Å². The van der Waals surface area contributed by atoms with Crippen LogP contribution in [0.25, 0.3) is 0 Å². The maximum absolute atomic E-state index is 12.9. The van der Waals surface area contributed by atoms with Crippen molar-refractivity contribution in [3.8, 4) is 0 Å². The van der Waals surface area contributed by atoms with Crippen LogP contribution in [0, 0.1) is 6.92 Å². The van der Waals surface area contributed by atoms with Crippen molar-refractivity contribution in [3.63, 3.8) is 0 Å². The molecule has 5 rings (SSSR count). The standard InChI is InChI=1S/C23H26N4O3S2/c1-16-3-2-4-17(13-16)15-26-9-7-19(8-10-26)24-22(28)18-5-6-20-21(14-18)31-23-25-32(29,30)12-11-27(20)23/h2-6,13-14,19H,7-12,15H2,1H3,(H,24,28). The van der Waals surface area contributed by atoms with Crippen LogP contribution < -0.4 is 10.2 Å². The lowest BCUT2D eigenvalue weighted by atomic mass is 10.0. The molecule has 0 atom stereocenters. The van der Waals surface area contributed by atoms with Crippen LogP contribution in [0.15, 0.2) is 51.8 Å². The highest BCUT2D eigenvalue weighted by Crippen LogP contribution is 2.42. The zero-order valence-corrected chi connectivity index (χ0v) is 19.6. The number of nitrogens with one attached hydrogen (secondary N) is 1. The summed E-state index contributed by atoms with van der Waals surface area (Å²) in [4.78, 5) is 18.1. The van der Waals surface area contributed by atoms with Crippen molar-refractivity contribution in [3.05, 3.63) is 59.2 Å². The molecule has 1 saturated heterocycles. The number of rotatable bonds is 4. The predicted octanol–water partition coefficient (Wildman–Crippen LogP) is 3.00. The summed E-state index contributed by atoms with van der Waals surface area (Å²) in [6.45, 7) is 5.38. The number of piperidine rings is 1. The summed E-state index contributed by atoms with van der Waals surface area (Å²) in [5.74, 6) is -0.0635. The van der Waals surface area contributed by atoms with Gasteiger partial charge in [0.25, 0.3) is 15.9 Å².